The zero-order valence-electron chi connectivity index (χ0n) is 17.1. The van der Waals surface area contributed by atoms with Crippen LogP contribution < -0.4 is 10.6 Å². The van der Waals surface area contributed by atoms with E-state index in [1.807, 2.05) is 38.1 Å². The number of amides is 2. The lowest BCUT2D eigenvalue weighted by molar-refractivity contribution is -0.384. The van der Waals surface area contributed by atoms with Gasteiger partial charge in [-0.3, -0.25) is 19.7 Å². The van der Waals surface area contributed by atoms with Gasteiger partial charge in [0.15, 0.2) is 0 Å². The summed E-state index contributed by atoms with van der Waals surface area (Å²) in [6.07, 6.45) is 1.41. The van der Waals surface area contributed by atoms with Crippen molar-refractivity contribution in [1.29, 1.82) is 0 Å². The van der Waals surface area contributed by atoms with Crippen molar-refractivity contribution in [2.75, 3.05) is 10.6 Å². The number of rotatable bonds is 6. The molecule has 3 rings (SSSR count). The third kappa shape index (κ3) is 5.42. The van der Waals surface area contributed by atoms with Crippen LogP contribution in [-0.4, -0.2) is 16.7 Å². The van der Waals surface area contributed by atoms with Gasteiger partial charge in [-0.25, -0.2) is 0 Å². The number of nitro benzene ring substituents is 1. The lowest BCUT2D eigenvalue weighted by Crippen LogP contribution is -2.25. The maximum Gasteiger partial charge on any atom is 0.269 e. The Morgan fingerprint density at radius 1 is 0.774 bits per heavy atom. The number of aryl methyl sites for hydroxylation is 2. The third-order valence-electron chi connectivity index (χ3n) is 4.69. The zero-order valence-corrected chi connectivity index (χ0v) is 17.1. The van der Waals surface area contributed by atoms with Crippen molar-refractivity contribution in [3.63, 3.8) is 0 Å². The number of carbonyl (C=O) groups excluding carboxylic acids is 2. The fraction of sp³-hybridized carbons (Fsp3) is 0.0833. The van der Waals surface area contributed by atoms with Gasteiger partial charge in [0.25, 0.3) is 17.5 Å². The molecule has 2 N–H and O–H groups in total. The van der Waals surface area contributed by atoms with E-state index < -0.39 is 16.7 Å². The van der Waals surface area contributed by atoms with E-state index in [1.165, 1.54) is 30.3 Å². The number of carbonyl (C=O) groups is 2. The highest BCUT2D eigenvalue weighted by molar-refractivity contribution is 6.29. The largest absolute Gasteiger partial charge is 0.322 e. The molecule has 3 aromatic carbocycles. The summed E-state index contributed by atoms with van der Waals surface area (Å²) in [4.78, 5) is 36.4. The number of benzene rings is 3. The maximum absolute atomic E-state index is 13.0. The Balaban J connectivity index is 1.95. The van der Waals surface area contributed by atoms with Crippen LogP contribution >= 0.6 is 0 Å². The fourth-order valence-corrected chi connectivity index (χ4v) is 2.90. The summed E-state index contributed by atoms with van der Waals surface area (Å²) in [7, 11) is 0. The standard InChI is InChI=1S/C24H21N3O4/c1-16-7-3-5-9-21(16)25-23(28)20(15-18-11-13-19(14-12-18)27(30)31)24(29)26-22-10-6-4-8-17(22)2/h3-15H,1-2H3,(H,25,28)(H,26,29). The first-order chi connectivity index (χ1) is 14.8. The van der Waals surface area contributed by atoms with E-state index in [4.69, 9.17) is 0 Å². The summed E-state index contributed by atoms with van der Waals surface area (Å²) in [6.45, 7) is 3.70. The number of anilines is 2. The molecule has 3 aromatic rings. The average molecular weight is 415 g/mol. The smallest absolute Gasteiger partial charge is 0.269 e. The summed E-state index contributed by atoms with van der Waals surface area (Å²) in [5.41, 5.74) is 3.17. The molecule has 7 heteroatoms. The average Bonchev–Trinajstić information content (AvgIpc) is 2.75. The van der Waals surface area contributed by atoms with Crippen LogP contribution in [0, 0.1) is 24.0 Å². The summed E-state index contributed by atoms with van der Waals surface area (Å²) in [5.74, 6) is -1.17. The van der Waals surface area contributed by atoms with Crippen molar-refractivity contribution in [2.24, 2.45) is 0 Å². The van der Waals surface area contributed by atoms with Crippen molar-refractivity contribution in [3.05, 3.63) is 105 Å². The SMILES string of the molecule is Cc1ccccc1NC(=O)C(=Cc1ccc([N+](=O)[O-])cc1)C(=O)Nc1ccccc1C. The monoisotopic (exact) mass is 415 g/mol. The summed E-state index contributed by atoms with van der Waals surface area (Å²) in [5, 5.41) is 16.4. The molecule has 0 aliphatic rings. The summed E-state index contributed by atoms with van der Waals surface area (Å²) >= 11 is 0. The predicted octanol–water partition coefficient (Wildman–Crippen LogP) is 4.87. The number of non-ortho nitro benzene ring substituents is 1. The summed E-state index contributed by atoms with van der Waals surface area (Å²) < 4.78 is 0. The number of nitrogens with one attached hydrogen (secondary N) is 2. The molecule has 0 heterocycles. The first-order valence-electron chi connectivity index (χ1n) is 9.55. The van der Waals surface area contributed by atoms with Crippen LogP contribution in [0.2, 0.25) is 0 Å². The fourth-order valence-electron chi connectivity index (χ4n) is 2.90. The van der Waals surface area contributed by atoms with Crippen LogP contribution in [0.3, 0.4) is 0 Å². The Morgan fingerprint density at radius 3 is 1.65 bits per heavy atom. The molecular weight excluding hydrogens is 394 g/mol. The number of hydrogen-bond donors (Lipinski definition) is 2. The molecule has 0 radical (unpaired) electrons. The van der Waals surface area contributed by atoms with Gasteiger partial charge in [-0.1, -0.05) is 36.4 Å². The Morgan fingerprint density at radius 2 is 1.23 bits per heavy atom. The molecule has 0 saturated heterocycles. The van der Waals surface area contributed by atoms with Crippen LogP contribution in [0.15, 0.2) is 78.4 Å². The van der Waals surface area contributed by atoms with Crippen LogP contribution in [0.4, 0.5) is 17.1 Å². The van der Waals surface area contributed by atoms with Crippen LogP contribution in [0.25, 0.3) is 6.08 Å². The molecule has 2 amide bonds. The van der Waals surface area contributed by atoms with Gasteiger partial charge in [0.05, 0.1) is 4.92 Å². The van der Waals surface area contributed by atoms with Crippen molar-refractivity contribution in [1.82, 2.24) is 0 Å². The van der Waals surface area contributed by atoms with E-state index in [0.29, 0.717) is 16.9 Å². The minimum absolute atomic E-state index is 0.0765. The highest BCUT2D eigenvalue weighted by Crippen LogP contribution is 2.20. The minimum atomic E-state index is -0.585. The Labute approximate surface area is 179 Å². The molecule has 0 saturated carbocycles. The second-order valence-corrected chi connectivity index (χ2v) is 6.94. The number of hydrogen-bond acceptors (Lipinski definition) is 4. The molecule has 0 unspecified atom stereocenters. The number of nitro groups is 1. The Hall–Kier alpha value is -4.26. The predicted molar refractivity (Wildman–Crippen MR) is 121 cm³/mol. The van der Waals surface area contributed by atoms with E-state index >= 15 is 0 Å². The topological polar surface area (TPSA) is 101 Å². The van der Waals surface area contributed by atoms with Crippen molar-refractivity contribution >= 4 is 35.0 Å². The molecule has 0 atom stereocenters. The van der Waals surface area contributed by atoms with Gasteiger partial charge in [0, 0.05) is 23.5 Å². The molecule has 0 aliphatic heterocycles. The van der Waals surface area contributed by atoms with Gasteiger partial charge in [0.2, 0.25) is 0 Å². The van der Waals surface area contributed by atoms with E-state index in [1.54, 1.807) is 24.3 Å². The van der Waals surface area contributed by atoms with Crippen molar-refractivity contribution < 1.29 is 14.5 Å². The highest BCUT2D eigenvalue weighted by atomic mass is 16.6. The molecule has 7 nitrogen and oxygen atoms in total. The molecular formula is C24H21N3O4. The third-order valence-corrected chi connectivity index (χ3v) is 4.69. The number of para-hydroxylation sites is 2. The van der Waals surface area contributed by atoms with E-state index in [-0.39, 0.29) is 11.3 Å². The zero-order chi connectivity index (χ0) is 22.4. The quantitative estimate of drug-likeness (QED) is 0.197. The van der Waals surface area contributed by atoms with Crippen molar-refractivity contribution in [2.45, 2.75) is 13.8 Å². The van der Waals surface area contributed by atoms with Crippen LogP contribution in [-0.2, 0) is 9.59 Å². The Bertz CT molecular complexity index is 1110. The molecule has 31 heavy (non-hydrogen) atoms. The number of nitrogens with zero attached hydrogens (tertiary/aromatic N) is 1. The lowest BCUT2D eigenvalue weighted by Gasteiger charge is -2.13. The maximum atomic E-state index is 13.0. The van der Waals surface area contributed by atoms with E-state index in [2.05, 4.69) is 10.6 Å². The van der Waals surface area contributed by atoms with Crippen molar-refractivity contribution in [3.8, 4) is 0 Å². The molecule has 156 valence electrons. The minimum Gasteiger partial charge on any atom is -0.322 e. The van der Waals surface area contributed by atoms with E-state index in [0.717, 1.165) is 11.1 Å². The van der Waals surface area contributed by atoms with Gasteiger partial charge >= 0.3 is 0 Å². The second kappa shape index (κ2) is 9.49. The molecule has 0 aromatic heterocycles. The van der Waals surface area contributed by atoms with Gasteiger partial charge in [0.1, 0.15) is 5.57 Å². The molecule has 0 spiro atoms. The second-order valence-electron chi connectivity index (χ2n) is 6.94. The Kier molecular flexibility index (Phi) is 6.57. The molecule has 0 fully saturated rings. The van der Waals surface area contributed by atoms with Gasteiger partial charge in [-0.2, -0.15) is 0 Å². The summed E-state index contributed by atoms with van der Waals surface area (Å²) in [6, 6.07) is 20.1. The highest BCUT2D eigenvalue weighted by Gasteiger charge is 2.20. The molecule has 0 bridgehead atoms. The normalized spacial score (nSPS) is 10.1. The molecule has 0 aliphatic carbocycles. The first-order valence-corrected chi connectivity index (χ1v) is 9.55. The lowest BCUT2D eigenvalue weighted by atomic mass is 10.1. The van der Waals surface area contributed by atoms with Gasteiger partial charge in [-0.15, -0.1) is 0 Å². The van der Waals surface area contributed by atoms with E-state index in [9.17, 15) is 19.7 Å². The van der Waals surface area contributed by atoms with Crippen LogP contribution in [0.1, 0.15) is 16.7 Å². The van der Waals surface area contributed by atoms with Crippen LogP contribution in [0.5, 0.6) is 0 Å². The van der Waals surface area contributed by atoms with Gasteiger partial charge in [-0.05, 0) is 60.9 Å². The first kappa shape index (κ1) is 21.4. The van der Waals surface area contributed by atoms with Gasteiger partial charge < -0.3 is 10.6 Å².